The van der Waals surface area contributed by atoms with Crippen LogP contribution in [0, 0.1) is 11.8 Å². The Morgan fingerprint density at radius 3 is 2.81 bits per heavy atom. The normalized spacial score (nSPS) is 25.3. The summed E-state index contributed by atoms with van der Waals surface area (Å²) in [6, 6.07) is 0. The van der Waals surface area contributed by atoms with Crippen LogP contribution >= 0.6 is 0 Å². The predicted molar refractivity (Wildman–Crippen MR) is 69.4 cm³/mol. The van der Waals surface area contributed by atoms with Gasteiger partial charge in [-0.25, -0.2) is 0 Å². The fraction of sp³-hybridized carbons (Fsp3) is 0.800. The van der Waals surface area contributed by atoms with Crippen LogP contribution in [0.15, 0.2) is 12.7 Å². The minimum Gasteiger partial charge on any atom is -0.299 e. The van der Waals surface area contributed by atoms with E-state index in [2.05, 4.69) is 13.5 Å². The summed E-state index contributed by atoms with van der Waals surface area (Å²) >= 11 is 0. The van der Waals surface area contributed by atoms with E-state index in [1.807, 2.05) is 6.08 Å². The minimum absolute atomic E-state index is 0.392. The second kappa shape index (κ2) is 7.65. The van der Waals surface area contributed by atoms with Crippen molar-refractivity contribution in [1.29, 1.82) is 0 Å². The summed E-state index contributed by atoms with van der Waals surface area (Å²) in [5, 5.41) is 0. The Morgan fingerprint density at radius 2 is 2.12 bits per heavy atom. The second-order valence-electron chi connectivity index (χ2n) is 5.32. The molecule has 92 valence electrons. The Hall–Kier alpha value is -0.590. The van der Waals surface area contributed by atoms with Crippen LogP contribution in [0.25, 0.3) is 0 Å². The van der Waals surface area contributed by atoms with E-state index in [-0.39, 0.29) is 0 Å². The van der Waals surface area contributed by atoms with Crippen molar-refractivity contribution in [2.45, 2.75) is 64.7 Å². The maximum absolute atomic E-state index is 12.0. The van der Waals surface area contributed by atoms with Crippen LogP contribution in [-0.2, 0) is 4.79 Å². The Bertz CT molecular complexity index is 219. The fourth-order valence-electron chi connectivity index (χ4n) is 2.70. The Labute approximate surface area is 100 Å². The molecule has 1 rings (SSSR count). The van der Waals surface area contributed by atoms with Gasteiger partial charge in [-0.2, -0.15) is 0 Å². The van der Waals surface area contributed by atoms with Crippen molar-refractivity contribution in [3.63, 3.8) is 0 Å². The smallest absolute Gasteiger partial charge is 0.135 e. The number of unbranched alkanes of at least 4 members (excludes halogenated alkanes) is 3. The van der Waals surface area contributed by atoms with Gasteiger partial charge < -0.3 is 0 Å². The number of ketones is 1. The second-order valence-corrected chi connectivity index (χ2v) is 5.32. The molecule has 0 N–H and O–H groups in total. The molecule has 2 unspecified atom stereocenters. The summed E-state index contributed by atoms with van der Waals surface area (Å²) in [6.07, 6.45) is 12.2. The summed E-state index contributed by atoms with van der Waals surface area (Å²) in [5.74, 6) is 1.69. The van der Waals surface area contributed by atoms with Gasteiger partial charge in [0, 0.05) is 12.3 Å². The van der Waals surface area contributed by atoms with Gasteiger partial charge in [-0.05, 0) is 38.0 Å². The molecule has 1 aliphatic rings. The summed E-state index contributed by atoms with van der Waals surface area (Å²) in [6.45, 7) is 5.99. The van der Waals surface area contributed by atoms with Crippen molar-refractivity contribution in [1.82, 2.24) is 0 Å². The lowest BCUT2D eigenvalue weighted by Gasteiger charge is -2.25. The third-order valence-electron chi connectivity index (χ3n) is 3.72. The predicted octanol–water partition coefficient (Wildman–Crippen LogP) is 4.52. The van der Waals surface area contributed by atoms with Crippen LogP contribution in [0.3, 0.4) is 0 Å². The molecule has 0 heterocycles. The molecule has 1 heteroatoms. The number of allylic oxidation sites excluding steroid dienone is 1. The molecule has 0 aliphatic heterocycles. The van der Waals surface area contributed by atoms with E-state index in [9.17, 15) is 4.79 Å². The third-order valence-corrected chi connectivity index (χ3v) is 3.72. The Balaban J connectivity index is 2.11. The standard InChI is InChI=1S/C15H26O/c1-3-4-5-6-7-11-15(16)14-10-8-9-13(2)12-14/h3,13-14H,1,4-12H2,2H3. The Morgan fingerprint density at radius 1 is 1.31 bits per heavy atom. The van der Waals surface area contributed by atoms with Gasteiger partial charge in [0.25, 0.3) is 0 Å². The first-order valence-electron chi connectivity index (χ1n) is 6.87. The molecular weight excluding hydrogens is 196 g/mol. The van der Waals surface area contributed by atoms with Crippen LogP contribution in [0.1, 0.15) is 64.7 Å². The largest absolute Gasteiger partial charge is 0.299 e. The fourth-order valence-corrected chi connectivity index (χ4v) is 2.70. The molecule has 0 aromatic heterocycles. The number of hydrogen-bond acceptors (Lipinski definition) is 1. The first kappa shape index (κ1) is 13.5. The van der Waals surface area contributed by atoms with Gasteiger partial charge in [0.1, 0.15) is 5.78 Å². The van der Waals surface area contributed by atoms with E-state index in [0.29, 0.717) is 11.7 Å². The van der Waals surface area contributed by atoms with Crippen LogP contribution < -0.4 is 0 Å². The van der Waals surface area contributed by atoms with Gasteiger partial charge in [-0.1, -0.05) is 32.3 Å². The van der Waals surface area contributed by atoms with Crippen molar-refractivity contribution in [3.8, 4) is 0 Å². The average molecular weight is 222 g/mol. The molecule has 0 bridgehead atoms. The number of carbonyl (C=O) groups excluding carboxylic acids is 1. The summed E-state index contributed by atoms with van der Waals surface area (Å²) in [4.78, 5) is 12.0. The number of hydrogen-bond donors (Lipinski definition) is 0. The molecule has 2 atom stereocenters. The molecule has 0 amide bonds. The number of Topliss-reactive ketones (excluding diaryl/α,β-unsaturated/α-hetero) is 1. The van der Waals surface area contributed by atoms with E-state index < -0.39 is 0 Å². The van der Waals surface area contributed by atoms with Crippen molar-refractivity contribution in [2.24, 2.45) is 11.8 Å². The molecule has 0 aromatic carbocycles. The highest BCUT2D eigenvalue weighted by Crippen LogP contribution is 2.30. The summed E-state index contributed by atoms with van der Waals surface area (Å²) < 4.78 is 0. The van der Waals surface area contributed by atoms with Crippen molar-refractivity contribution in [2.75, 3.05) is 0 Å². The molecule has 0 radical (unpaired) electrons. The molecule has 1 aliphatic carbocycles. The Kier molecular flexibility index (Phi) is 6.44. The van der Waals surface area contributed by atoms with Crippen LogP contribution in [0.4, 0.5) is 0 Å². The van der Waals surface area contributed by atoms with Gasteiger partial charge in [-0.3, -0.25) is 4.79 Å². The first-order valence-corrected chi connectivity index (χ1v) is 6.87. The monoisotopic (exact) mass is 222 g/mol. The maximum atomic E-state index is 12.0. The highest BCUT2D eigenvalue weighted by molar-refractivity contribution is 5.81. The lowest BCUT2D eigenvalue weighted by atomic mass is 9.79. The quantitative estimate of drug-likeness (QED) is 0.457. The highest BCUT2D eigenvalue weighted by atomic mass is 16.1. The molecule has 16 heavy (non-hydrogen) atoms. The van der Waals surface area contributed by atoms with Crippen LogP contribution in [-0.4, -0.2) is 5.78 Å². The van der Waals surface area contributed by atoms with Crippen molar-refractivity contribution in [3.05, 3.63) is 12.7 Å². The maximum Gasteiger partial charge on any atom is 0.135 e. The minimum atomic E-state index is 0.392. The van der Waals surface area contributed by atoms with E-state index in [1.54, 1.807) is 0 Å². The van der Waals surface area contributed by atoms with Crippen LogP contribution in [0.2, 0.25) is 0 Å². The topological polar surface area (TPSA) is 17.1 Å². The highest BCUT2D eigenvalue weighted by Gasteiger charge is 2.24. The van der Waals surface area contributed by atoms with Crippen molar-refractivity contribution < 1.29 is 4.79 Å². The van der Waals surface area contributed by atoms with Crippen LogP contribution in [0.5, 0.6) is 0 Å². The molecule has 1 saturated carbocycles. The summed E-state index contributed by atoms with van der Waals surface area (Å²) in [7, 11) is 0. The zero-order valence-corrected chi connectivity index (χ0v) is 10.7. The molecule has 0 aromatic rings. The summed E-state index contributed by atoms with van der Waals surface area (Å²) in [5.41, 5.74) is 0. The molecule has 1 fully saturated rings. The average Bonchev–Trinajstić information content (AvgIpc) is 2.28. The molecule has 0 saturated heterocycles. The van der Waals surface area contributed by atoms with Crippen molar-refractivity contribution >= 4 is 5.78 Å². The van der Waals surface area contributed by atoms with E-state index >= 15 is 0 Å². The van der Waals surface area contributed by atoms with E-state index in [0.717, 1.165) is 38.0 Å². The van der Waals surface area contributed by atoms with Gasteiger partial charge in [0.2, 0.25) is 0 Å². The van der Waals surface area contributed by atoms with E-state index in [4.69, 9.17) is 0 Å². The number of carbonyl (C=O) groups is 1. The lowest BCUT2D eigenvalue weighted by Crippen LogP contribution is -2.21. The van der Waals surface area contributed by atoms with Gasteiger partial charge in [-0.15, -0.1) is 6.58 Å². The number of rotatable bonds is 7. The van der Waals surface area contributed by atoms with Gasteiger partial charge >= 0.3 is 0 Å². The SMILES string of the molecule is C=CCCCCCC(=O)C1CCCC(C)C1. The zero-order chi connectivity index (χ0) is 11.8. The lowest BCUT2D eigenvalue weighted by molar-refractivity contribution is -0.124. The zero-order valence-electron chi connectivity index (χ0n) is 10.7. The third kappa shape index (κ3) is 4.96. The van der Waals surface area contributed by atoms with Gasteiger partial charge in [0.05, 0.1) is 0 Å². The van der Waals surface area contributed by atoms with E-state index in [1.165, 1.54) is 25.7 Å². The molecule has 0 spiro atoms. The molecular formula is C15H26O. The van der Waals surface area contributed by atoms with Gasteiger partial charge in [0.15, 0.2) is 0 Å². The first-order chi connectivity index (χ1) is 7.74. The molecule has 1 nitrogen and oxygen atoms in total.